The van der Waals surface area contributed by atoms with Crippen molar-refractivity contribution in [1.82, 2.24) is 19.9 Å². The van der Waals surface area contributed by atoms with Crippen LogP contribution in [0, 0.1) is 11.8 Å². The van der Waals surface area contributed by atoms with Crippen molar-refractivity contribution in [3.8, 4) is 0 Å². The first-order valence-electron chi connectivity index (χ1n) is 19.3. The van der Waals surface area contributed by atoms with Crippen LogP contribution in [0.2, 0.25) is 0 Å². The van der Waals surface area contributed by atoms with Crippen LogP contribution in [-0.4, -0.2) is 66.2 Å². The Labute approximate surface area is 356 Å². The lowest BCUT2D eigenvalue weighted by Crippen LogP contribution is -2.23. The molecule has 2 aliphatic carbocycles. The molecule has 2 aliphatic rings. The fraction of sp³-hybridized carbons (Fsp3) is 0.317. The predicted octanol–water partition coefficient (Wildman–Crippen LogP) is 7.47. The molecule has 0 atom stereocenters. The van der Waals surface area contributed by atoms with E-state index < -0.39 is 36.0 Å². The van der Waals surface area contributed by atoms with Crippen molar-refractivity contribution < 1.29 is 38.7 Å². The summed E-state index contributed by atoms with van der Waals surface area (Å²) in [4.78, 5) is 100. The summed E-state index contributed by atoms with van der Waals surface area (Å²) in [7, 11) is 0. The zero-order chi connectivity index (χ0) is 42.4. The van der Waals surface area contributed by atoms with E-state index in [-0.39, 0.29) is 41.4 Å². The quantitative estimate of drug-likeness (QED) is 0.0418. The zero-order valence-electron chi connectivity index (χ0n) is 32.2. The van der Waals surface area contributed by atoms with E-state index in [0.29, 0.717) is 33.3 Å². The lowest BCUT2D eigenvalue weighted by atomic mass is 9.95. The number of nitrogens with zero attached hydrogens (tertiary/aromatic N) is 3. The van der Waals surface area contributed by atoms with Crippen molar-refractivity contribution in [2.75, 3.05) is 21.3 Å². The highest BCUT2D eigenvalue weighted by molar-refractivity contribution is 8.01. The van der Waals surface area contributed by atoms with Crippen LogP contribution in [0.4, 0.5) is 21.6 Å². The summed E-state index contributed by atoms with van der Waals surface area (Å²) in [6, 6.07) is 13.8. The van der Waals surface area contributed by atoms with Crippen molar-refractivity contribution >= 4 is 97.2 Å². The number of carboxylic acids is 1. The van der Waals surface area contributed by atoms with Crippen molar-refractivity contribution in [2.45, 2.75) is 80.0 Å². The number of aromatic amines is 1. The second-order valence-electron chi connectivity index (χ2n) is 14.0. The molecule has 6 N–H and O–H groups in total. The van der Waals surface area contributed by atoms with Gasteiger partial charge >= 0.3 is 5.97 Å². The third-order valence-electron chi connectivity index (χ3n) is 9.56. The van der Waals surface area contributed by atoms with Crippen LogP contribution >= 0.6 is 34.4 Å². The Morgan fingerprint density at radius 1 is 0.700 bits per heavy atom. The number of anilines is 4. The first kappa shape index (κ1) is 43.5. The van der Waals surface area contributed by atoms with E-state index in [2.05, 4.69) is 41.2 Å². The molecule has 3 heterocycles. The minimum atomic E-state index is -1.02. The first-order valence-corrected chi connectivity index (χ1v) is 21.8. The van der Waals surface area contributed by atoms with E-state index in [4.69, 9.17) is 5.11 Å². The topological polar surface area (TPSA) is 242 Å². The number of rotatable bonds is 16. The Kier molecular flexibility index (Phi) is 15.4. The molecule has 0 saturated heterocycles. The molecule has 312 valence electrons. The normalized spacial score (nSPS) is 13.8. The molecule has 0 radical (unpaired) electrons. The average molecular weight is 871 g/mol. The number of H-pyrrole nitrogens is 1. The van der Waals surface area contributed by atoms with Crippen LogP contribution in [0.1, 0.15) is 90.6 Å². The Balaban J connectivity index is 0.000000202. The van der Waals surface area contributed by atoms with E-state index in [0.717, 1.165) is 72.1 Å². The highest BCUT2D eigenvalue weighted by Gasteiger charge is 2.27. The third kappa shape index (κ3) is 12.7. The monoisotopic (exact) mass is 870 g/mol. The van der Waals surface area contributed by atoms with Gasteiger partial charge in [0.15, 0.2) is 27.0 Å². The molecule has 2 saturated carbocycles. The highest BCUT2D eigenvalue weighted by Crippen LogP contribution is 2.33. The standard InChI is InChI=1S/C21H21N5O3S2.C20H21N3O5S/c27-16(25-15-8-4-3-7-14(15)19(29)13-5-1-2-6-13)11-17(28)26-21-24-12-18(31-21)30-20-22-9-10-23-20;24-16(10-17(25)23-20-21-13(11-29-20)9-18(26)27)22-15-8-4-3-7-14(15)19(28)12-5-1-2-6-12/h3-4,7-10,12-13H,1-2,5-6,11H2,(H,22,23)(H,25,27)(H,24,26,28);3-4,7-8,11-12H,1-2,5-6,9-10H2,(H,22,24)(H,26,27)(H,21,23,25). The van der Waals surface area contributed by atoms with Crippen LogP contribution in [0.25, 0.3) is 0 Å². The number of aromatic nitrogens is 4. The first-order chi connectivity index (χ1) is 29.0. The van der Waals surface area contributed by atoms with Gasteiger partial charge in [-0.3, -0.25) is 33.6 Å². The van der Waals surface area contributed by atoms with Gasteiger partial charge in [0.05, 0.1) is 33.9 Å². The maximum atomic E-state index is 12.8. The molecule has 7 rings (SSSR count). The summed E-state index contributed by atoms with van der Waals surface area (Å²) in [5.74, 6) is -3.00. The number of carbonyl (C=O) groups excluding carboxylic acids is 6. The maximum absolute atomic E-state index is 12.8. The molecule has 4 amide bonds. The molecule has 2 aromatic carbocycles. The van der Waals surface area contributed by atoms with Gasteiger partial charge in [-0.05, 0) is 61.7 Å². The van der Waals surface area contributed by atoms with Gasteiger partial charge in [0.2, 0.25) is 23.6 Å². The van der Waals surface area contributed by atoms with Crippen LogP contribution in [-0.2, 0) is 30.4 Å². The largest absolute Gasteiger partial charge is 0.481 e. The van der Waals surface area contributed by atoms with Gasteiger partial charge in [0, 0.05) is 40.7 Å². The summed E-state index contributed by atoms with van der Waals surface area (Å²) in [5.41, 5.74) is 2.15. The van der Waals surface area contributed by atoms with Crippen molar-refractivity contribution in [3.05, 3.63) is 89.3 Å². The van der Waals surface area contributed by atoms with Crippen LogP contribution < -0.4 is 21.3 Å². The third-order valence-corrected chi connectivity index (χ3v) is 12.3. The molecule has 0 bridgehead atoms. The van der Waals surface area contributed by atoms with Crippen LogP contribution in [0.3, 0.4) is 0 Å². The Morgan fingerprint density at radius 3 is 1.73 bits per heavy atom. The molecular formula is C41H42N8O8S3. The number of thiazole rings is 2. The van der Waals surface area contributed by atoms with Gasteiger partial charge in [-0.15, -0.1) is 11.3 Å². The minimum Gasteiger partial charge on any atom is -0.481 e. The van der Waals surface area contributed by atoms with E-state index in [9.17, 15) is 33.6 Å². The molecule has 60 heavy (non-hydrogen) atoms. The molecule has 19 heteroatoms. The van der Waals surface area contributed by atoms with E-state index >= 15 is 0 Å². The predicted molar refractivity (Wildman–Crippen MR) is 227 cm³/mol. The Bertz CT molecular complexity index is 2330. The Morgan fingerprint density at radius 2 is 1.22 bits per heavy atom. The zero-order valence-corrected chi connectivity index (χ0v) is 34.7. The number of ketones is 2. The number of benzene rings is 2. The average Bonchev–Trinajstić information content (AvgIpc) is 4.07. The van der Waals surface area contributed by atoms with Crippen LogP contribution in [0.5, 0.6) is 0 Å². The molecule has 2 fully saturated rings. The fourth-order valence-electron chi connectivity index (χ4n) is 6.80. The lowest BCUT2D eigenvalue weighted by Gasteiger charge is -2.13. The molecule has 5 aromatic rings. The summed E-state index contributed by atoms with van der Waals surface area (Å²) in [6.07, 6.45) is 11.7. The van der Waals surface area contributed by atoms with Crippen molar-refractivity contribution in [3.63, 3.8) is 0 Å². The molecular weight excluding hydrogens is 829 g/mol. The number of carbonyl (C=O) groups is 7. The second-order valence-corrected chi connectivity index (χ2v) is 17.2. The number of imidazole rings is 1. The molecule has 0 unspecified atom stereocenters. The van der Waals surface area contributed by atoms with Gasteiger partial charge in [0.1, 0.15) is 12.8 Å². The molecule has 16 nitrogen and oxygen atoms in total. The number of Topliss-reactive ketones (excluding diaryl/α,β-unsaturated/α-hetero) is 2. The summed E-state index contributed by atoms with van der Waals surface area (Å²) in [5, 5.41) is 22.1. The maximum Gasteiger partial charge on any atom is 0.309 e. The summed E-state index contributed by atoms with van der Waals surface area (Å²) in [6.45, 7) is 0. The van der Waals surface area contributed by atoms with Gasteiger partial charge in [-0.2, -0.15) is 0 Å². The van der Waals surface area contributed by atoms with Gasteiger partial charge in [-0.1, -0.05) is 61.3 Å². The number of carboxylic acid groups (broad SMARTS) is 1. The molecule has 3 aromatic heterocycles. The number of aliphatic carboxylic acids is 1. The summed E-state index contributed by atoms with van der Waals surface area (Å²) >= 11 is 3.78. The van der Waals surface area contributed by atoms with Crippen molar-refractivity contribution in [2.24, 2.45) is 11.8 Å². The molecule has 0 spiro atoms. The smallest absolute Gasteiger partial charge is 0.309 e. The second kappa shape index (κ2) is 21.3. The number of nitrogens with one attached hydrogen (secondary N) is 5. The highest BCUT2D eigenvalue weighted by atomic mass is 32.2. The number of hydrogen-bond acceptors (Lipinski definition) is 13. The van der Waals surface area contributed by atoms with Crippen LogP contribution in [0.15, 0.2) is 81.9 Å². The van der Waals surface area contributed by atoms with E-state index in [1.54, 1.807) is 67.1 Å². The summed E-state index contributed by atoms with van der Waals surface area (Å²) < 4.78 is 0.856. The van der Waals surface area contributed by atoms with Gasteiger partial charge < -0.3 is 31.4 Å². The SMILES string of the molecule is O=C(CC(=O)Nc1ccccc1C(=O)C1CCCC1)Nc1ncc(Sc2ncc[nH]2)s1.O=C(O)Cc1csc(NC(=O)CC(=O)Nc2ccccc2C(=O)C2CCCC2)n1. The van der Waals surface area contributed by atoms with Gasteiger partial charge in [0.25, 0.3) is 0 Å². The lowest BCUT2D eigenvalue weighted by molar-refractivity contribution is -0.136. The van der Waals surface area contributed by atoms with Gasteiger partial charge in [-0.25, -0.2) is 15.0 Å². The molecule has 0 aliphatic heterocycles. The minimum absolute atomic E-state index is 0.0127. The number of para-hydroxylation sites is 2. The number of amides is 4. The van der Waals surface area contributed by atoms with Crippen molar-refractivity contribution in [1.29, 1.82) is 0 Å². The Hall–Kier alpha value is -6.05. The number of hydrogen-bond donors (Lipinski definition) is 6. The van der Waals surface area contributed by atoms with E-state index in [1.165, 1.54) is 28.5 Å². The van der Waals surface area contributed by atoms with E-state index in [1.807, 2.05) is 0 Å². The fourth-order valence-corrected chi connectivity index (χ4v) is 9.27.